The van der Waals surface area contributed by atoms with E-state index >= 15 is 0 Å². The summed E-state index contributed by atoms with van der Waals surface area (Å²) in [7, 11) is 0. The Hall–Kier alpha value is -2.17. The Balaban J connectivity index is 0.000000209. The minimum Gasteiger partial charge on any atom is -0.481 e. The fraction of sp³-hybridized carbons (Fsp3) is 0.250. The second kappa shape index (κ2) is 5.79. The van der Waals surface area contributed by atoms with Crippen LogP contribution in [0.15, 0.2) is 24.3 Å². The Labute approximate surface area is 99.5 Å². The summed E-state index contributed by atoms with van der Waals surface area (Å²) in [5.41, 5.74) is 1.63. The molecule has 1 aromatic carbocycles. The molecule has 4 N–H and O–H groups in total. The summed E-state index contributed by atoms with van der Waals surface area (Å²) in [6.45, 7) is 1.84. The number of amidine groups is 2. The van der Waals surface area contributed by atoms with Crippen LogP contribution in [0.1, 0.15) is 30.9 Å². The molecule has 17 heavy (non-hydrogen) atoms. The van der Waals surface area contributed by atoms with E-state index < -0.39 is 5.97 Å². The summed E-state index contributed by atoms with van der Waals surface area (Å²) in [5, 5.41) is 25.4. The van der Waals surface area contributed by atoms with E-state index in [9.17, 15) is 4.79 Å². The average molecular weight is 233 g/mol. The maximum Gasteiger partial charge on any atom is 0.303 e. The molecular formula is C12H15N3O2. The Morgan fingerprint density at radius 2 is 1.71 bits per heavy atom. The van der Waals surface area contributed by atoms with Gasteiger partial charge in [0.15, 0.2) is 0 Å². The molecule has 0 spiro atoms. The zero-order valence-corrected chi connectivity index (χ0v) is 9.58. The Kier molecular flexibility index (Phi) is 4.39. The number of fused-ring (bicyclic) bond motifs is 1. The summed E-state index contributed by atoms with van der Waals surface area (Å²) in [4.78, 5) is 9.60. The van der Waals surface area contributed by atoms with Gasteiger partial charge in [0.25, 0.3) is 0 Å². The Bertz CT molecular complexity index is 422. The first-order valence-corrected chi connectivity index (χ1v) is 5.32. The highest BCUT2D eigenvalue weighted by atomic mass is 16.4. The van der Waals surface area contributed by atoms with Crippen LogP contribution >= 0.6 is 0 Å². The molecule has 0 fully saturated rings. The lowest BCUT2D eigenvalue weighted by atomic mass is 10.1. The van der Waals surface area contributed by atoms with Crippen LogP contribution in [0.5, 0.6) is 0 Å². The van der Waals surface area contributed by atoms with E-state index in [0.717, 1.165) is 17.5 Å². The highest BCUT2D eigenvalue weighted by Gasteiger charge is 2.18. The van der Waals surface area contributed by atoms with Gasteiger partial charge in [-0.3, -0.25) is 15.6 Å². The SMILES string of the molecule is CCCC(=O)O.N=C1NC(=N)c2ccccc21. The van der Waals surface area contributed by atoms with E-state index in [1.807, 2.05) is 31.2 Å². The minimum atomic E-state index is -0.711. The van der Waals surface area contributed by atoms with Gasteiger partial charge in [0.1, 0.15) is 11.7 Å². The molecule has 90 valence electrons. The molecule has 0 bridgehead atoms. The molecule has 5 nitrogen and oxygen atoms in total. The fourth-order valence-corrected chi connectivity index (χ4v) is 1.39. The number of carboxylic acid groups (broad SMARTS) is 1. The third-order valence-corrected chi connectivity index (χ3v) is 2.18. The number of hydrogen-bond acceptors (Lipinski definition) is 3. The molecule has 0 saturated heterocycles. The normalized spacial score (nSPS) is 12.3. The van der Waals surface area contributed by atoms with Crippen molar-refractivity contribution >= 4 is 17.6 Å². The van der Waals surface area contributed by atoms with Gasteiger partial charge in [0, 0.05) is 17.5 Å². The molecule has 0 amide bonds. The van der Waals surface area contributed by atoms with Gasteiger partial charge in [0.05, 0.1) is 0 Å². The van der Waals surface area contributed by atoms with E-state index in [2.05, 4.69) is 5.32 Å². The Morgan fingerprint density at radius 1 is 1.24 bits per heavy atom. The monoisotopic (exact) mass is 233 g/mol. The van der Waals surface area contributed by atoms with Crippen LogP contribution in [-0.4, -0.2) is 22.7 Å². The molecule has 1 heterocycles. The van der Waals surface area contributed by atoms with Gasteiger partial charge in [-0.25, -0.2) is 0 Å². The fourth-order valence-electron chi connectivity index (χ4n) is 1.39. The number of carbonyl (C=O) groups is 1. The molecule has 0 aliphatic carbocycles. The summed E-state index contributed by atoms with van der Waals surface area (Å²) >= 11 is 0. The molecule has 2 rings (SSSR count). The summed E-state index contributed by atoms with van der Waals surface area (Å²) < 4.78 is 0. The first kappa shape index (κ1) is 12.9. The summed E-state index contributed by atoms with van der Waals surface area (Å²) in [5.74, 6) is -0.0614. The zero-order chi connectivity index (χ0) is 12.8. The van der Waals surface area contributed by atoms with Crippen molar-refractivity contribution in [1.82, 2.24) is 5.32 Å². The number of aliphatic carboxylic acids is 1. The molecule has 1 aromatic rings. The van der Waals surface area contributed by atoms with E-state index in [1.165, 1.54) is 0 Å². The number of benzene rings is 1. The smallest absolute Gasteiger partial charge is 0.303 e. The third-order valence-electron chi connectivity index (χ3n) is 2.18. The van der Waals surface area contributed by atoms with Gasteiger partial charge in [0.2, 0.25) is 0 Å². The first-order valence-electron chi connectivity index (χ1n) is 5.32. The van der Waals surface area contributed by atoms with Crippen molar-refractivity contribution in [1.29, 1.82) is 10.8 Å². The molecule has 0 atom stereocenters. The van der Waals surface area contributed by atoms with E-state index in [4.69, 9.17) is 15.9 Å². The van der Waals surface area contributed by atoms with Crippen molar-refractivity contribution in [2.45, 2.75) is 19.8 Å². The van der Waals surface area contributed by atoms with Crippen LogP contribution in [0.4, 0.5) is 0 Å². The molecule has 0 radical (unpaired) electrons. The van der Waals surface area contributed by atoms with Crippen molar-refractivity contribution in [3.63, 3.8) is 0 Å². The largest absolute Gasteiger partial charge is 0.481 e. The van der Waals surface area contributed by atoms with Crippen molar-refractivity contribution in [3.8, 4) is 0 Å². The number of hydrogen-bond donors (Lipinski definition) is 4. The van der Waals surface area contributed by atoms with Gasteiger partial charge in [-0.05, 0) is 6.42 Å². The van der Waals surface area contributed by atoms with Crippen LogP contribution in [0.3, 0.4) is 0 Å². The van der Waals surface area contributed by atoms with Crippen LogP contribution in [0.25, 0.3) is 0 Å². The quantitative estimate of drug-likeness (QED) is 0.627. The molecular weight excluding hydrogens is 218 g/mol. The van der Waals surface area contributed by atoms with Gasteiger partial charge < -0.3 is 10.4 Å². The second-order valence-electron chi connectivity index (χ2n) is 3.56. The lowest BCUT2D eigenvalue weighted by molar-refractivity contribution is -0.137. The summed E-state index contributed by atoms with van der Waals surface area (Å²) in [6.07, 6.45) is 1.02. The number of nitrogens with one attached hydrogen (secondary N) is 3. The van der Waals surface area contributed by atoms with Crippen molar-refractivity contribution < 1.29 is 9.90 Å². The maximum absolute atomic E-state index is 9.60. The average Bonchev–Trinajstić information content (AvgIpc) is 2.56. The van der Waals surface area contributed by atoms with E-state index in [1.54, 1.807) is 0 Å². The number of rotatable bonds is 2. The molecule has 5 heteroatoms. The third kappa shape index (κ3) is 3.41. The van der Waals surface area contributed by atoms with Crippen molar-refractivity contribution in [2.75, 3.05) is 0 Å². The second-order valence-corrected chi connectivity index (χ2v) is 3.56. The first-order chi connectivity index (χ1) is 8.06. The predicted molar refractivity (Wildman–Crippen MR) is 65.8 cm³/mol. The Morgan fingerprint density at radius 3 is 2.00 bits per heavy atom. The lowest BCUT2D eigenvalue weighted by Crippen LogP contribution is -2.19. The minimum absolute atomic E-state index is 0.292. The molecule has 0 unspecified atom stereocenters. The van der Waals surface area contributed by atoms with Crippen LogP contribution in [-0.2, 0) is 4.79 Å². The van der Waals surface area contributed by atoms with E-state index in [0.29, 0.717) is 18.1 Å². The highest BCUT2D eigenvalue weighted by Crippen LogP contribution is 2.13. The standard InChI is InChI=1S/C8H7N3.C4H8O2/c9-7-5-3-1-2-4-6(5)8(10)11-7;1-2-3-4(5)6/h1-4H,(H3,9,10,11);2-3H2,1H3,(H,5,6). The molecule has 1 aliphatic heterocycles. The van der Waals surface area contributed by atoms with E-state index in [-0.39, 0.29) is 0 Å². The van der Waals surface area contributed by atoms with Crippen molar-refractivity contribution in [2.24, 2.45) is 0 Å². The van der Waals surface area contributed by atoms with Gasteiger partial charge in [-0.2, -0.15) is 0 Å². The number of carboxylic acids is 1. The van der Waals surface area contributed by atoms with Crippen molar-refractivity contribution in [3.05, 3.63) is 35.4 Å². The summed E-state index contributed by atoms with van der Waals surface area (Å²) in [6, 6.07) is 7.42. The molecule has 0 aromatic heterocycles. The van der Waals surface area contributed by atoms with Gasteiger partial charge >= 0.3 is 5.97 Å². The van der Waals surface area contributed by atoms with Crippen LogP contribution in [0, 0.1) is 10.8 Å². The molecule has 1 aliphatic rings. The topological polar surface area (TPSA) is 97.0 Å². The lowest BCUT2D eigenvalue weighted by Gasteiger charge is -1.91. The van der Waals surface area contributed by atoms with Crippen LogP contribution in [0.2, 0.25) is 0 Å². The van der Waals surface area contributed by atoms with Gasteiger partial charge in [-0.1, -0.05) is 31.2 Å². The predicted octanol–water partition coefficient (Wildman–Crippen LogP) is 1.81. The molecule has 0 saturated carbocycles. The van der Waals surface area contributed by atoms with Crippen LogP contribution < -0.4 is 5.32 Å². The van der Waals surface area contributed by atoms with Gasteiger partial charge in [-0.15, -0.1) is 0 Å². The zero-order valence-electron chi connectivity index (χ0n) is 9.58. The maximum atomic E-state index is 9.60. The highest BCUT2D eigenvalue weighted by molar-refractivity contribution is 6.23.